The molecule has 0 fully saturated rings. The number of amides is 1. The number of nitrogens with one attached hydrogen (secondary N) is 1. The summed E-state index contributed by atoms with van der Waals surface area (Å²) >= 11 is 0. The van der Waals surface area contributed by atoms with E-state index in [2.05, 4.69) is 10.1 Å². The molecule has 6 nitrogen and oxygen atoms in total. The Balaban J connectivity index is 4.11. The Morgan fingerprint density at radius 3 is 2.62 bits per heavy atom. The third-order valence-corrected chi connectivity index (χ3v) is 2.74. The molecule has 0 aliphatic heterocycles. The van der Waals surface area contributed by atoms with Crippen LogP contribution in [0.25, 0.3) is 0 Å². The number of hydrogen-bond donors (Lipinski definition) is 2. The van der Waals surface area contributed by atoms with Gasteiger partial charge in [0.2, 0.25) is 6.41 Å². The van der Waals surface area contributed by atoms with Gasteiger partial charge < -0.3 is 10.1 Å². The van der Waals surface area contributed by atoms with Gasteiger partial charge in [-0.3, -0.25) is 9.35 Å². The summed E-state index contributed by atoms with van der Waals surface area (Å²) in [5.41, 5.74) is 0. The van der Waals surface area contributed by atoms with Crippen molar-refractivity contribution in [3.05, 3.63) is 0 Å². The molecule has 0 aromatic carbocycles. The lowest BCUT2D eigenvalue weighted by molar-refractivity contribution is -0.109. The molecule has 0 aliphatic carbocycles. The Morgan fingerprint density at radius 1 is 1.62 bits per heavy atom. The Labute approximate surface area is 77.0 Å². The number of carbonyl (C=O) groups is 1. The van der Waals surface area contributed by atoms with Crippen LogP contribution in [0.4, 0.5) is 0 Å². The largest absolute Gasteiger partial charge is 0.385 e. The lowest BCUT2D eigenvalue weighted by Crippen LogP contribution is -2.33. The van der Waals surface area contributed by atoms with Crippen LogP contribution < -0.4 is 5.32 Å². The fourth-order valence-corrected chi connectivity index (χ4v) is 1.49. The number of carbonyl (C=O) groups excluding carboxylic acids is 1. The van der Waals surface area contributed by atoms with Crippen LogP contribution in [0, 0.1) is 0 Å². The summed E-state index contributed by atoms with van der Waals surface area (Å²) in [6.07, 6.45) is 0.529. The maximum atomic E-state index is 10.7. The number of hydrogen-bond acceptors (Lipinski definition) is 4. The summed E-state index contributed by atoms with van der Waals surface area (Å²) in [7, 11) is -2.69. The van der Waals surface area contributed by atoms with E-state index < -0.39 is 15.4 Å². The Bertz CT molecular complexity index is 237. The van der Waals surface area contributed by atoms with Crippen LogP contribution in [0.15, 0.2) is 0 Å². The van der Waals surface area contributed by atoms with Gasteiger partial charge in [0.15, 0.2) is 0 Å². The van der Waals surface area contributed by atoms with Gasteiger partial charge >= 0.3 is 0 Å². The topological polar surface area (TPSA) is 92.7 Å². The van der Waals surface area contributed by atoms with E-state index in [1.54, 1.807) is 0 Å². The summed E-state index contributed by atoms with van der Waals surface area (Å²) in [6.45, 7) is 0.108. The summed E-state index contributed by atoms with van der Waals surface area (Å²) in [5, 5.41) is 1.19. The van der Waals surface area contributed by atoms with Gasteiger partial charge in [0, 0.05) is 20.3 Å². The molecular weight excluding hydrogens is 198 g/mol. The fourth-order valence-electron chi connectivity index (χ4n) is 0.785. The average molecular weight is 211 g/mol. The first kappa shape index (κ1) is 12.3. The van der Waals surface area contributed by atoms with Gasteiger partial charge in [0.05, 0.1) is 0 Å². The van der Waals surface area contributed by atoms with E-state index in [9.17, 15) is 13.2 Å². The van der Waals surface area contributed by atoms with Crippen molar-refractivity contribution in [2.24, 2.45) is 0 Å². The molecule has 78 valence electrons. The molecule has 13 heavy (non-hydrogen) atoms. The monoisotopic (exact) mass is 211 g/mol. The molecule has 0 aromatic heterocycles. The Morgan fingerprint density at radius 2 is 2.23 bits per heavy atom. The molecule has 1 amide bonds. The van der Waals surface area contributed by atoms with E-state index >= 15 is 0 Å². The van der Waals surface area contributed by atoms with Gasteiger partial charge in [0.25, 0.3) is 10.1 Å². The van der Waals surface area contributed by atoms with Crippen LogP contribution in [0.3, 0.4) is 0 Å². The second-order valence-corrected chi connectivity index (χ2v) is 4.14. The van der Waals surface area contributed by atoms with Crippen LogP contribution in [-0.4, -0.2) is 44.9 Å². The van der Waals surface area contributed by atoms with Crippen molar-refractivity contribution in [3.63, 3.8) is 0 Å². The first-order valence-electron chi connectivity index (χ1n) is 3.64. The van der Waals surface area contributed by atoms with Crippen molar-refractivity contribution >= 4 is 16.5 Å². The number of rotatable bonds is 7. The van der Waals surface area contributed by atoms with Crippen molar-refractivity contribution in [2.75, 3.05) is 20.3 Å². The van der Waals surface area contributed by atoms with Gasteiger partial charge in [0.1, 0.15) is 5.25 Å². The molecule has 1 unspecified atom stereocenters. The normalized spacial score (nSPS) is 13.7. The molecule has 0 heterocycles. The number of ether oxygens (including phenoxy) is 1. The summed E-state index contributed by atoms with van der Waals surface area (Å²) < 4.78 is 34.7. The second kappa shape index (κ2) is 5.90. The molecule has 1 atom stereocenters. The first-order chi connectivity index (χ1) is 6.02. The molecule has 2 N–H and O–H groups in total. The SMILES string of the molecule is COCCC(CNC=O)S(=O)(=O)O. The highest BCUT2D eigenvalue weighted by Crippen LogP contribution is 2.02. The van der Waals surface area contributed by atoms with Gasteiger partial charge in [-0.2, -0.15) is 8.42 Å². The van der Waals surface area contributed by atoms with Crippen molar-refractivity contribution in [1.29, 1.82) is 0 Å². The van der Waals surface area contributed by atoms with Gasteiger partial charge in [-0.1, -0.05) is 0 Å². The van der Waals surface area contributed by atoms with E-state index in [0.717, 1.165) is 0 Å². The molecule has 0 spiro atoms. The van der Waals surface area contributed by atoms with Crippen LogP contribution in [0.2, 0.25) is 0 Å². The van der Waals surface area contributed by atoms with Crippen molar-refractivity contribution in [1.82, 2.24) is 5.32 Å². The van der Waals surface area contributed by atoms with Crippen molar-refractivity contribution < 1.29 is 22.5 Å². The van der Waals surface area contributed by atoms with E-state index in [1.165, 1.54) is 7.11 Å². The molecule has 0 rings (SSSR count). The van der Waals surface area contributed by atoms with Crippen LogP contribution in [0.5, 0.6) is 0 Å². The third kappa shape index (κ3) is 5.56. The lowest BCUT2D eigenvalue weighted by Gasteiger charge is -2.11. The van der Waals surface area contributed by atoms with Crippen molar-refractivity contribution in [3.8, 4) is 0 Å². The predicted octanol–water partition coefficient (Wildman–Crippen LogP) is -0.975. The molecule has 0 saturated carbocycles. The molecule has 7 heteroatoms. The second-order valence-electron chi connectivity index (χ2n) is 2.44. The van der Waals surface area contributed by atoms with Gasteiger partial charge in [-0.15, -0.1) is 0 Å². The highest BCUT2D eigenvalue weighted by atomic mass is 32.2. The van der Waals surface area contributed by atoms with Crippen LogP contribution in [0.1, 0.15) is 6.42 Å². The fraction of sp³-hybridized carbons (Fsp3) is 0.833. The summed E-state index contributed by atoms with van der Waals surface area (Å²) in [6, 6.07) is 0. The highest BCUT2D eigenvalue weighted by molar-refractivity contribution is 7.86. The average Bonchev–Trinajstić information content (AvgIpc) is 2.02. The lowest BCUT2D eigenvalue weighted by atomic mass is 10.3. The van der Waals surface area contributed by atoms with E-state index in [0.29, 0.717) is 6.41 Å². The maximum Gasteiger partial charge on any atom is 0.269 e. The minimum absolute atomic E-state index is 0.105. The summed E-state index contributed by atoms with van der Waals surface area (Å²) in [5.74, 6) is 0. The van der Waals surface area contributed by atoms with Crippen molar-refractivity contribution in [2.45, 2.75) is 11.7 Å². The van der Waals surface area contributed by atoms with Gasteiger partial charge in [-0.05, 0) is 6.42 Å². The smallest absolute Gasteiger partial charge is 0.269 e. The maximum absolute atomic E-state index is 10.7. The quantitative estimate of drug-likeness (QED) is 0.417. The van der Waals surface area contributed by atoms with Crippen LogP contribution in [-0.2, 0) is 19.6 Å². The van der Waals surface area contributed by atoms with Gasteiger partial charge in [-0.25, -0.2) is 0 Å². The summed E-state index contributed by atoms with van der Waals surface area (Å²) in [4.78, 5) is 9.89. The zero-order chi connectivity index (χ0) is 10.3. The minimum atomic E-state index is -4.11. The molecule has 0 aliphatic rings. The molecule has 0 bridgehead atoms. The predicted molar refractivity (Wildman–Crippen MR) is 45.9 cm³/mol. The van der Waals surface area contributed by atoms with E-state index in [1.807, 2.05) is 0 Å². The highest BCUT2D eigenvalue weighted by Gasteiger charge is 2.21. The van der Waals surface area contributed by atoms with Crippen LogP contribution >= 0.6 is 0 Å². The number of methoxy groups -OCH3 is 1. The zero-order valence-corrected chi connectivity index (χ0v) is 8.08. The zero-order valence-electron chi connectivity index (χ0n) is 7.26. The Kier molecular flexibility index (Phi) is 5.60. The Hall–Kier alpha value is -0.660. The van der Waals surface area contributed by atoms with E-state index in [-0.39, 0.29) is 19.6 Å². The standard InChI is InChI=1S/C6H13NO5S/c1-12-3-2-6(4-7-5-8)13(9,10)11/h5-6H,2-4H2,1H3,(H,7,8)(H,9,10,11). The minimum Gasteiger partial charge on any atom is -0.385 e. The molecule has 0 saturated heterocycles. The molecular formula is C6H13NO5S. The molecule has 0 aromatic rings. The van der Waals surface area contributed by atoms with E-state index in [4.69, 9.17) is 4.55 Å². The molecule has 0 radical (unpaired) electrons. The first-order valence-corrected chi connectivity index (χ1v) is 5.15. The third-order valence-electron chi connectivity index (χ3n) is 1.49.